The Morgan fingerprint density at radius 1 is 1.44 bits per heavy atom. The van der Waals surface area contributed by atoms with Gasteiger partial charge in [-0.3, -0.25) is 19.1 Å². The molecule has 1 amide bonds. The highest BCUT2D eigenvalue weighted by Crippen LogP contribution is 2.17. The Bertz CT molecular complexity index is 953. The van der Waals surface area contributed by atoms with E-state index in [2.05, 4.69) is 10.3 Å². The van der Waals surface area contributed by atoms with Gasteiger partial charge in [0.1, 0.15) is 24.0 Å². The Morgan fingerprint density at radius 2 is 2.19 bits per heavy atom. The molecule has 0 aliphatic carbocycles. The van der Waals surface area contributed by atoms with E-state index in [0.29, 0.717) is 6.20 Å². The van der Waals surface area contributed by atoms with Crippen molar-refractivity contribution in [2.24, 2.45) is 7.05 Å². The normalized spacial score (nSPS) is 25.3. The van der Waals surface area contributed by atoms with Gasteiger partial charge in [0.25, 0.3) is 11.5 Å². The summed E-state index contributed by atoms with van der Waals surface area (Å²) in [6.07, 6.45) is -0.411. The highest BCUT2D eigenvalue weighted by atomic mass is 19.1. The van der Waals surface area contributed by atoms with Crippen LogP contribution in [0.4, 0.5) is 4.39 Å². The summed E-state index contributed by atoms with van der Waals surface area (Å²) in [6.45, 7) is -0.444. The maximum atomic E-state index is 13.3. The van der Waals surface area contributed by atoms with Gasteiger partial charge in [-0.15, -0.1) is 0 Å². The van der Waals surface area contributed by atoms with Gasteiger partial charge in [0.15, 0.2) is 0 Å². The third kappa shape index (κ3) is 3.82. The van der Waals surface area contributed by atoms with E-state index < -0.39 is 47.3 Å². The van der Waals surface area contributed by atoms with Crippen LogP contribution in [0.3, 0.4) is 0 Å². The first-order valence-corrected chi connectivity index (χ1v) is 8.02. The summed E-state index contributed by atoms with van der Waals surface area (Å²) >= 11 is 0. The van der Waals surface area contributed by atoms with Crippen molar-refractivity contribution in [3.8, 4) is 0 Å². The zero-order chi connectivity index (χ0) is 19.7. The van der Waals surface area contributed by atoms with Crippen LogP contribution in [0.2, 0.25) is 0 Å². The lowest BCUT2D eigenvalue weighted by atomic mass is 9.97. The fourth-order valence-electron chi connectivity index (χ4n) is 2.80. The minimum Gasteiger partial charge on any atom is -0.388 e. The number of ether oxygens (including phenoxy) is 1. The summed E-state index contributed by atoms with van der Waals surface area (Å²) in [7, 11) is 1.63. The van der Waals surface area contributed by atoms with Crippen LogP contribution in [-0.2, 0) is 18.3 Å². The molecule has 27 heavy (non-hydrogen) atoms. The zero-order valence-corrected chi connectivity index (χ0v) is 14.2. The molecule has 12 heteroatoms. The SMILES string of the molecule is Cn1cncc1C(=O)N[C@@H]1CO[C@H](Cn2cc(F)c(=O)[nH]c2=O)[C@@H](O)[C@H]1O. The number of rotatable bonds is 4. The number of nitrogens with zero attached hydrogens (tertiary/aromatic N) is 3. The Kier molecular flexibility index (Phi) is 5.21. The maximum absolute atomic E-state index is 13.3. The molecular formula is C15H18FN5O6. The molecule has 1 saturated heterocycles. The Balaban J connectivity index is 1.68. The fourth-order valence-corrected chi connectivity index (χ4v) is 2.80. The van der Waals surface area contributed by atoms with Gasteiger partial charge in [0.05, 0.1) is 37.9 Å². The van der Waals surface area contributed by atoms with Crippen molar-refractivity contribution < 1.29 is 24.1 Å². The lowest BCUT2D eigenvalue weighted by Gasteiger charge is -2.38. The van der Waals surface area contributed by atoms with Crippen LogP contribution in [0.15, 0.2) is 28.3 Å². The largest absolute Gasteiger partial charge is 0.388 e. The summed E-state index contributed by atoms with van der Waals surface area (Å²) in [5.41, 5.74) is -1.77. The van der Waals surface area contributed by atoms with Crippen molar-refractivity contribution in [1.82, 2.24) is 24.4 Å². The molecule has 0 bridgehead atoms. The number of aromatic amines is 1. The Morgan fingerprint density at radius 3 is 2.85 bits per heavy atom. The van der Waals surface area contributed by atoms with Crippen molar-refractivity contribution in [3.05, 3.63) is 51.1 Å². The molecule has 0 saturated carbocycles. The van der Waals surface area contributed by atoms with E-state index >= 15 is 0 Å². The number of aliphatic hydroxyl groups is 2. The molecule has 2 aromatic heterocycles. The second-order valence-electron chi connectivity index (χ2n) is 6.21. The standard InChI is InChI=1S/C15H18FN5O6/c1-20-6-17-2-9(20)14(25)18-8-5-27-10(12(23)11(8)22)4-21-3-7(16)13(24)19-15(21)26/h2-3,6,8,10-12,22-23H,4-5H2,1H3,(H,18,25)(H,19,24,26)/t8-,10-,11+,12-/m1/s1. The number of nitrogens with one attached hydrogen (secondary N) is 2. The number of aromatic nitrogens is 4. The molecule has 0 aromatic carbocycles. The van der Waals surface area contributed by atoms with Crippen LogP contribution in [0.1, 0.15) is 10.5 Å². The van der Waals surface area contributed by atoms with Crippen LogP contribution in [-0.4, -0.2) is 66.2 Å². The number of carbonyl (C=O) groups is 1. The van der Waals surface area contributed by atoms with E-state index in [1.807, 2.05) is 0 Å². The fraction of sp³-hybridized carbons (Fsp3) is 0.467. The summed E-state index contributed by atoms with van der Waals surface area (Å²) in [5, 5.41) is 23.1. The van der Waals surface area contributed by atoms with Crippen LogP contribution in [0.25, 0.3) is 0 Å². The van der Waals surface area contributed by atoms with Crippen molar-refractivity contribution in [1.29, 1.82) is 0 Å². The molecule has 0 spiro atoms. The van der Waals surface area contributed by atoms with Crippen LogP contribution in [0.5, 0.6) is 0 Å². The molecule has 3 heterocycles. The highest BCUT2D eigenvalue weighted by molar-refractivity contribution is 5.92. The number of halogens is 1. The first kappa shape index (κ1) is 18.9. The molecule has 4 N–H and O–H groups in total. The van der Waals surface area contributed by atoms with Gasteiger partial charge in [-0.25, -0.2) is 9.78 Å². The van der Waals surface area contributed by atoms with Crippen molar-refractivity contribution >= 4 is 5.91 Å². The number of aryl methyl sites for hydroxylation is 1. The number of hydrogen-bond donors (Lipinski definition) is 4. The predicted molar refractivity (Wildman–Crippen MR) is 87.5 cm³/mol. The third-order valence-electron chi connectivity index (χ3n) is 4.34. The zero-order valence-electron chi connectivity index (χ0n) is 14.2. The topological polar surface area (TPSA) is 151 Å². The molecule has 0 radical (unpaired) electrons. The molecule has 1 fully saturated rings. The second kappa shape index (κ2) is 7.42. The quantitative estimate of drug-likeness (QED) is 0.449. The first-order chi connectivity index (χ1) is 12.8. The Labute approximate surface area is 151 Å². The van der Waals surface area contributed by atoms with Gasteiger partial charge in [0.2, 0.25) is 5.82 Å². The smallest absolute Gasteiger partial charge is 0.328 e. The third-order valence-corrected chi connectivity index (χ3v) is 4.34. The molecule has 11 nitrogen and oxygen atoms in total. The Hall–Kier alpha value is -2.83. The molecular weight excluding hydrogens is 365 g/mol. The highest BCUT2D eigenvalue weighted by Gasteiger charge is 2.39. The number of amides is 1. The summed E-state index contributed by atoms with van der Waals surface area (Å²) in [6, 6.07) is -0.900. The van der Waals surface area contributed by atoms with Gasteiger partial charge >= 0.3 is 5.69 Å². The van der Waals surface area contributed by atoms with E-state index in [4.69, 9.17) is 4.74 Å². The molecule has 4 atom stereocenters. The molecule has 3 rings (SSSR count). The number of aliphatic hydroxyl groups excluding tert-OH is 2. The number of imidazole rings is 1. The van der Waals surface area contributed by atoms with Crippen molar-refractivity contribution in [2.75, 3.05) is 6.61 Å². The summed E-state index contributed by atoms with van der Waals surface area (Å²) < 4.78 is 21.1. The van der Waals surface area contributed by atoms with E-state index in [0.717, 1.165) is 4.57 Å². The lowest BCUT2D eigenvalue weighted by Crippen LogP contribution is -2.60. The van der Waals surface area contributed by atoms with Gasteiger partial charge in [0, 0.05) is 7.05 Å². The number of carbonyl (C=O) groups excluding carboxylic acids is 1. The molecule has 2 aromatic rings. The average molecular weight is 383 g/mol. The molecule has 1 aliphatic rings. The van der Waals surface area contributed by atoms with Gasteiger partial charge in [-0.1, -0.05) is 0 Å². The average Bonchev–Trinajstić information content (AvgIpc) is 3.05. The van der Waals surface area contributed by atoms with Crippen LogP contribution in [0, 0.1) is 5.82 Å². The van der Waals surface area contributed by atoms with E-state index in [1.54, 1.807) is 12.0 Å². The minimum atomic E-state index is -1.46. The van der Waals surface area contributed by atoms with Crippen molar-refractivity contribution in [3.63, 3.8) is 0 Å². The first-order valence-electron chi connectivity index (χ1n) is 8.02. The maximum Gasteiger partial charge on any atom is 0.328 e. The molecule has 1 aliphatic heterocycles. The lowest BCUT2D eigenvalue weighted by molar-refractivity contribution is -0.152. The van der Waals surface area contributed by atoms with Gasteiger partial charge in [-0.2, -0.15) is 4.39 Å². The monoisotopic (exact) mass is 383 g/mol. The van der Waals surface area contributed by atoms with E-state index in [1.165, 1.54) is 17.1 Å². The predicted octanol–water partition coefficient (Wildman–Crippen LogP) is -2.67. The summed E-state index contributed by atoms with van der Waals surface area (Å²) in [5.74, 6) is -1.67. The minimum absolute atomic E-state index is 0.146. The van der Waals surface area contributed by atoms with Gasteiger partial charge in [-0.05, 0) is 0 Å². The van der Waals surface area contributed by atoms with Crippen LogP contribution < -0.4 is 16.6 Å². The number of H-pyrrole nitrogens is 1. The van der Waals surface area contributed by atoms with E-state index in [9.17, 15) is 29.0 Å². The van der Waals surface area contributed by atoms with Crippen LogP contribution >= 0.6 is 0 Å². The van der Waals surface area contributed by atoms with Crippen molar-refractivity contribution in [2.45, 2.75) is 30.9 Å². The molecule has 0 unspecified atom stereocenters. The van der Waals surface area contributed by atoms with E-state index in [-0.39, 0.29) is 18.8 Å². The second-order valence-corrected chi connectivity index (χ2v) is 6.21. The summed E-state index contributed by atoms with van der Waals surface area (Å²) in [4.78, 5) is 40.6. The molecule has 146 valence electrons. The van der Waals surface area contributed by atoms with Gasteiger partial charge < -0.3 is 24.8 Å². The number of hydrogen-bond acceptors (Lipinski definition) is 7.